The molecule has 1 aliphatic rings. The van der Waals surface area contributed by atoms with Crippen molar-refractivity contribution in [2.45, 2.75) is 19.4 Å². The maximum Gasteiger partial charge on any atom is 0.295 e. The van der Waals surface area contributed by atoms with Gasteiger partial charge in [0.1, 0.15) is 11.5 Å². The first-order valence-corrected chi connectivity index (χ1v) is 10.5. The summed E-state index contributed by atoms with van der Waals surface area (Å²) in [6.45, 7) is 3.36. The van der Waals surface area contributed by atoms with E-state index in [1.807, 2.05) is 25.9 Å². The molecule has 1 saturated heterocycles. The number of hydrogen-bond acceptors (Lipinski definition) is 6. The zero-order chi connectivity index (χ0) is 22.5. The van der Waals surface area contributed by atoms with E-state index in [-0.39, 0.29) is 11.3 Å². The van der Waals surface area contributed by atoms with Gasteiger partial charge in [-0.1, -0.05) is 17.7 Å². The number of likely N-dealkylation sites (tertiary alicyclic amines) is 1. The molecule has 0 radical (unpaired) electrons. The van der Waals surface area contributed by atoms with E-state index in [1.54, 1.807) is 42.7 Å². The highest BCUT2D eigenvalue weighted by atomic mass is 35.5. The van der Waals surface area contributed by atoms with Crippen molar-refractivity contribution in [2.75, 3.05) is 33.8 Å². The highest BCUT2D eigenvalue weighted by Crippen LogP contribution is 2.40. The standard InChI is InChI=1S/C23H26ClN3O4/c1-4-31-18-13-15(8-9-17(18)24)21(28)19-20(16-7-5-10-25-14-16)27(23(30)22(19)29)12-6-11-26(2)3/h5,7-10,13-14,20,28H,4,6,11-12H2,1-3H3/b21-19-. The maximum atomic E-state index is 13.0. The summed E-state index contributed by atoms with van der Waals surface area (Å²) >= 11 is 6.16. The van der Waals surface area contributed by atoms with Crippen LogP contribution in [0.2, 0.25) is 5.02 Å². The van der Waals surface area contributed by atoms with Gasteiger partial charge in [0.05, 0.1) is 23.2 Å². The Hall–Kier alpha value is -2.90. The molecule has 1 atom stereocenters. The van der Waals surface area contributed by atoms with Gasteiger partial charge in [-0.05, 0) is 63.8 Å². The van der Waals surface area contributed by atoms with E-state index < -0.39 is 17.7 Å². The van der Waals surface area contributed by atoms with E-state index in [0.29, 0.717) is 41.5 Å². The Bertz CT molecular complexity index is 992. The molecule has 1 unspecified atom stereocenters. The number of aromatic nitrogens is 1. The Morgan fingerprint density at radius 1 is 1.29 bits per heavy atom. The number of carbonyl (C=O) groups excluding carboxylic acids is 2. The highest BCUT2D eigenvalue weighted by molar-refractivity contribution is 6.46. The average Bonchev–Trinajstić information content (AvgIpc) is 3.00. The zero-order valence-electron chi connectivity index (χ0n) is 17.8. The van der Waals surface area contributed by atoms with Crippen molar-refractivity contribution in [1.82, 2.24) is 14.8 Å². The van der Waals surface area contributed by atoms with Crippen molar-refractivity contribution in [3.63, 3.8) is 0 Å². The van der Waals surface area contributed by atoms with Gasteiger partial charge in [0.2, 0.25) is 0 Å². The second-order valence-electron chi connectivity index (χ2n) is 7.51. The molecule has 1 aromatic carbocycles. The van der Waals surface area contributed by atoms with Crippen molar-refractivity contribution < 1.29 is 19.4 Å². The molecule has 0 saturated carbocycles. The number of aliphatic hydroxyl groups is 1. The molecule has 31 heavy (non-hydrogen) atoms. The van der Waals surface area contributed by atoms with Crippen LogP contribution in [0.25, 0.3) is 5.76 Å². The predicted molar refractivity (Wildman–Crippen MR) is 119 cm³/mol. The van der Waals surface area contributed by atoms with Gasteiger partial charge in [-0.2, -0.15) is 0 Å². The summed E-state index contributed by atoms with van der Waals surface area (Å²) in [5.74, 6) is -1.22. The molecule has 1 aliphatic heterocycles. The SMILES string of the molecule is CCOc1cc(/C(O)=C2/C(=O)C(=O)N(CCCN(C)C)C2c2cccnc2)ccc1Cl. The van der Waals surface area contributed by atoms with Gasteiger partial charge in [-0.3, -0.25) is 14.6 Å². The minimum atomic E-state index is -0.720. The van der Waals surface area contributed by atoms with Crippen LogP contribution in [0.5, 0.6) is 5.75 Å². The third-order valence-electron chi connectivity index (χ3n) is 5.05. The lowest BCUT2D eigenvalue weighted by molar-refractivity contribution is -0.139. The van der Waals surface area contributed by atoms with Gasteiger partial charge in [-0.25, -0.2) is 0 Å². The number of Topliss-reactive ketones (excluding diaryl/α,β-unsaturated/α-hetero) is 1. The molecule has 3 rings (SSSR count). The second kappa shape index (κ2) is 9.94. The quantitative estimate of drug-likeness (QED) is 0.382. The lowest BCUT2D eigenvalue weighted by Crippen LogP contribution is -2.32. The molecule has 0 aliphatic carbocycles. The summed E-state index contributed by atoms with van der Waals surface area (Å²) < 4.78 is 5.50. The first-order valence-electron chi connectivity index (χ1n) is 10.1. The molecule has 1 fully saturated rings. The highest BCUT2D eigenvalue weighted by Gasteiger charge is 2.45. The van der Waals surface area contributed by atoms with Gasteiger partial charge in [0, 0.05) is 24.5 Å². The van der Waals surface area contributed by atoms with Crippen LogP contribution in [0.4, 0.5) is 0 Å². The number of carbonyl (C=O) groups is 2. The molecular weight excluding hydrogens is 418 g/mol. The Kier molecular flexibility index (Phi) is 7.30. The van der Waals surface area contributed by atoms with Crippen molar-refractivity contribution >= 4 is 29.1 Å². The Morgan fingerprint density at radius 3 is 2.71 bits per heavy atom. The largest absolute Gasteiger partial charge is 0.507 e. The Balaban J connectivity index is 2.08. The number of hydrogen-bond donors (Lipinski definition) is 1. The van der Waals surface area contributed by atoms with Crippen molar-refractivity contribution in [3.8, 4) is 5.75 Å². The van der Waals surface area contributed by atoms with Gasteiger partial charge < -0.3 is 19.6 Å². The molecule has 1 aromatic heterocycles. The minimum absolute atomic E-state index is 0.0348. The number of ether oxygens (including phenoxy) is 1. The molecule has 2 aromatic rings. The summed E-state index contributed by atoms with van der Waals surface area (Å²) in [5, 5.41) is 11.5. The normalized spacial score (nSPS) is 18.1. The monoisotopic (exact) mass is 443 g/mol. The third-order valence-corrected chi connectivity index (χ3v) is 5.36. The van der Waals surface area contributed by atoms with Crippen molar-refractivity contribution in [2.24, 2.45) is 0 Å². The van der Waals surface area contributed by atoms with Crippen LogP contribution in [0.15, 0.2) is 48.3 Å². The maximum absolute atomic E-state index is 13.0. The van der Waals surface area contributed by atoms with Crippen LogP contribution in [0.1, 0.15) is 30.5 Å². The Morgan fingerprint density at radius 2 is 2.06 bits per heavy atom. The molecule has 7 nitrogen and oxygen atoms in total. The molecule has 0 bridgehead atoms. The number of rotatable bonds is 8. The second-order valence-corrected chi connectivity index (χ2v) is 7.92. The minimum Gasteiger partial charge on any atom is -0.507 e. The summed E-state index contributed by atoms with van der Waals surface area (Å²) in [7, 11) is 3.90. The van der Waals surface area contributed by atoms with Crippen molar-refractivity contribution in [1.29, 1.82) is 0 Å². The summed E-state index contributed by atoms with van der Waals surface area (Å²) in [5.41, 5.74) is 1.05. The van der Waals surface area contributed by atoms with Crippen LogP contribution in [0.3, 0.4) is 0 Å². The predicted octanol–water partition coefficient (Wildman–Crippen LogP) is 3.51. The topological polar surface area (TPSA) is 83.0 Å². The summed E-state index contributed by atoms with van der Waals surface area (Å²) in [6.07, 6.45) is 3.91. The van der Waals surface area contributed by atoms with Crippen LogP contribution in [0, 0.1) is 0 Å². The number of benzene rings is 1. The molecular formula is C23H26ClN3O4. The van der Waals surface area contributed by atoms with Gasteiger partial charge in [0.15, 0.2) is 0 Å². The molecule has 2 heterocycles. The molecule has 0 spiro atoms. The Labute approximate surface area is 186 Å². The first kappa shape index (κ1) is 22.8. The lowest BCUT2D eigenvalue weighted by Gasteiger charge is -2.25. The van der Waals surface area contributed by atoms with E-state index in [0.717, 1.165) is 6.54 Å². The number of pyridine rings is 1. The van der Waals surface area contributed by atoms with E-state index >= 15 is 0 Å². The van der Waals surface area contributed by atoms with Crippen LogP contribution >= 0.6 is 11.6 Å². The van der Waals surface area contributed by atoms with Gasteiger partial charge in [-0.15, -0.1) is 0 Å². The van der Waals surface area contributed by atoms with Crippen molar-refractivity contribution in [3.05, 3.63) is 64.4 Å². The molecule has 8 heteroatoms. The van der Waals surface area contributed by atoms with E-state index in [9.17, 15) is 14.7 Å². The molecule has 1 amide bonds. The molecule has 164 valence electrons. The number of amides is 1. The van der Waals surface area contributed by atoms with E-state index in [4.69, 9.17) is 16.3 Å². The first-order chi connectivity index (χ1) is 14.8. The number of nitrogens with zero attached hydrogens (tertiary/aromatic N) is 3. The fourth-order valence-corrected chi connectivity index (χ4v) is 3.80. The zero-order valence-corrected chi connectivity index (χ0v) is 18.6. The van der Waals surface area contributed by atoms with Gasteiger partial charge in [0.25, 0.3) is 11.7 Å². The summed E-state index contributed by atoms with van der Waals surface area (Å²) in [4.78, 5) is 33.5. The lowest BCUT2D eigenvalue weighted by atomic mass is 9.96. The van der Waals surface area contributed by atoms with Crippen LogP contribution in [-0.2, 0) is 9.59 Å². The summed E-state index contributed by atoms with van der Waals surface area (Å²) in [6, 6.07) is 7.57. The number of ketones is 1. The third kappa shape index (κ3) is 4.89. The fraction of sp³-hybridized carbons (Fsp3) is 0.348. The number of aliphatic hydroxyl groups excluding tert-OH is 1. The van der Waals surface area contributed by atoms with Gasteiger partial charge >= 0.3 is 0 Å². The van der Waals surface area contributed by atoms with E-state index in [2.05, 4.69) is 4.98 Å². The molecule has 1 N–H and O–H groups in total. The van der Waals surface area contributed by atoms with Crippen LogP contribution < -0.4 is 4.74 Å². The number of halogens is 1. The van der Waals surface area contributed by atoms with Crippen LogP contribution in [-0.4, -0.2) is 65.4 Å². The average molecular weight is 444 g/mol. The van der Waals surface area contributed by atoms with E-state index in [1.165, 1.54) is 4.90 Å². The smallest absolute Gasteiger partial charge is 0.295 e. The fourth-order valence-electron chi connectivity index (χ4n) is 3.62.